The topological polar surface area (TPSA) is 128 Å². The molecule has 0 spiro atoms. The maximum absolute atomic E-state index is 14.9. The van der Waals surface area contributed by atoms with E-state index in [0.29, 0.717) is 16.5 Å². The number of hydrogen-bond donors (Lipinski definition) is 2. The van der Waals surface area contributed by atoms with Gasteiger partial charge in [0.1, 0.15) is 11.6 Å². The number of thiazole rings is 1. The molecule has 3 rings (SSSR count). The zero-order valence-corrected chi connectivity index (χ0v) is 18.7. The van der Waals surface area contributed by atoms with Crippen LogP contribution in [0.2, 0.25) is 0 Å². The zero-order chi connectivity index (χ0) is 23.5. The number of hydrogen-bond acceptors (Lipinski definition) is 8. The van der Waals surface area contributed by atoms with E-state index in [2.05, 4.69) is 4.98 Å². The van der Waals surface area contributed by atoms with Crippen LogP contribution >= 0.6 is 11.3 Å². The van der Waals surface area contributed by atoms with E-state index in [9.17, 15) is 22.4 Å². The van der Waals surface area contributed by atoms with Crippen molar-refractivity contribution in [3.8, 4) is 22.1 Å². The van der Waals surface area contributed by atoms with Gasteiger partial charge < -0.3 is 9.30 Å². The number of nitrogens with one attached hydrogen (secondary N) is 1. The van der Waals surface area contributed by atoms with Crippen LogP contribution in [0.3, 0.4) is 0 Å². The molecule has 2 aromatic heterocycles. The van der Waals surface area contributed by atoms with Crippen molar-refractivity contribution in [2.45, 2.75) is 24.6 Å². The van der Waals surface area contributed by atoms with E-state index >= 15 is 0 Å². The molecule has 0 fully saturated rings. The molecule has 1 amide bonds. The van der Waals surface area contributed by atoms with Crippen LogP contribution in [0.25, 0.3) is 11.1 Å². The minimum absolute atomic E-state index is 0.0369. The minimum Gasteiger partial charge on any atom is -0.431 e. The predicted octanol–water partition coefficient (Wildman–Crippen LogP) is 2.60. The fraction of sp³-hybridized carbons (Fsp3) is 0.250. The number of aryl methyl sites for hydroxylation is 1. The molecule has 0 aliphatic carbocycles. The summed E-state index contributed by atoms with van der Waals surface area (Å²) in [5, 5.41) is 11.1. The van der Waals surface area contributed by atoms with Crippen molar-refractivity contribution in [1.82, 2.24) is 15.0 Å². The van der Waals surface area contributed by atoms with Gasteiger partial charge in [-0.2, -0.15) is 0 Å². The number of aromatic nitrogens is 2. The number of sulfone groups is 1. The predicted molar refractivity (Wildman–Crippen MR) is 116 cm³/mol. The van der Waals surface area contributed by atoms with Gasteiger partial charge in [0.2, 0.25) is 0 Å². The third kappa shape index (κ3) is 4.87. The van der Waals surface area contributed by atoms with Crippen molar-refractivity contribution in [1.29, 1.82) is 0 Å². The second kappa shape index (κ2) is 9.18. The summed E-state index contributed by atoms with van der Waals surface area (Å²) in [5.74, 6) is -1.44. The Hall–Kier alpha value is -3.09. The summed E-state index contributed by atoms with van der Waals surface area (Å²) in [6.07, 6.45) is 3.03. The standard InChI is InChI=1S/C20H20FN3O6S2/c1-20(18(26)23-27,32(2,28)29)6-8-24-12-16(21)15(11-17(24)25)13-4-3-5-14(10-13)30-19-22-7-9-31-19/h3-5,7,9-12,27H,6,8H2,1-2H3,(H,23,26). The van der Waals surface area contributed by atoms with E-state index in [1.165, 1.54) is 16.8 Å². The average molecular weight is 482 g/mol. The molecule has 0 radical (unpaired) electrons. The Bertz CT molecular complexity index is 1290. The lowest BCUT2D eigenvalue weighted by molar-refractivity contribution is -0.131. The fourth-order valence-electron chi connectivity index (χ4n) is 2.95. The summed E-state index contributed by atoms with van der Waals surface area (Å²) >= 11 is 1.29. The van der Waals surface area contributed by atoms with Crippen LogP contribution in [0.5, 0.6) is 10.9 Å². The third-order valence-electron chi connectivity index (χ3n) is 5.07. The lowest BCUT2D eigenvalue weighted by atomic mass is 10.1. The van der Waals surface area contributed by atoms with Crippen LogP contribution < -0.4 is 15.8 Å². The highest BCUT2D eigenvalue weighted by Crippen LogP contribution is 2.29. The lowest BCUT2D eigenvalue weighted by Crippen LogP contribution is -2.50. The van der Waals surface area contributed by atoms with Crippen molar-refractivity contribution in [3.05, 3.63) is 64.3 Å². The first-order chi connectivity index (χ1) is 15.0. The Kier molecular flexibility index (Phi) is 6.77. The molecule has 0 aliphatic rings. The van der Waals surface area contributed by atoms with Crippen molar-refractivity contribution >= 4 is 27.1 Å². The highest BCUT2D eigenvalue weighted by Gasteiger charge is 2.43. The van der Waals surface area contributed by atoms with Crippen LogP contribution in [0.1, 0.15) is 13.3 Å². The van der Waals surface area contributed by atoms with E-state index in [0.717, 1.165) is 30.0 Å². The summed E-state index contributed by atoms with van der Waals surface area (Å²) in [5.41, 5.74) is 1.18. The lowest BCUT2D eigenvalue weighted by Gasteiger charge is -2.25. The smallest absolute Gasteiger partial charge is 0.278 e. The number of ether oxygens (including phenoxy) is 1. The molecule has 2 heterocycles. The first-order valence-electron chi connectivity index (χ1n) is 9.27. The SMILES string of the molecule is CC(CCn1cc(F)c(-c2cccc(Oc3nccs3)c2)cc1=O)(C(=O)NO)S(C)(=O)=O. The number of pyridine rings is 1. The number of hydroxylamine groups is 1. The molecule has 170 valence electrons. The largest absolute Gasteiger partial charge is 0.431 e. The van der Waals surface area contributed by atoms with Gasteiger partial charge in [0.05, 0.1) is 0 Å². The normalized spacial score (nSPS) is 13.4. The molecule has 2 N–H and O–H groups in total. The van der Waals surface area contributed by atoms with Crippen molar-refractivity contribution < 1.29 is 27.5 Å². The van der Waals surface area contributed by atoms with Gasteiger partial charge >= 0.3 is 0 Å². The molecule has 0 saturated carbocycles. The third-order valence-corrected chi connectivity index (χ3v) is 7.74. The van der Waals surface area contributed by atoms with Crippen LogP contribution in [-0.4, -0.2) is 40.1 Å². The fourth-order valence-corrected chi connectivity index (χ4v) is 4.30. The van der Waals surface area contributed by atoms with Gasteiger partial charge in [-0.1, -0.05) is 23.5 Å². The van der Waals surface area contributed by atoms with Crippen LogP contribution in [0.4, 0.5) is 4.39 Å². The van der Waals surface area contributed by atoms with E-state index < -0.39 is 31.9 Å². The van der Waals surface area contributed by atoms with Crippen LogP contribution in [-0.2, 0) is 21.2 Å². The van der Waals surface area contributed by atoms with E-state index in [1.54, 1.807) is 35.8 Å². The molecule has 0 saturated heterocycles. The second-order valence-corrected chi connectivity index (χ2v) is 10.5. The van der Waals surface area contributed by atoms with Crippen molar-refractivity contribution in [2.24, 2.45) is 0 Å². The zero-order valence-electron chi connectivity index (χ0n) is 17.1. The van der Waals surface area contributed by atoms with Gasteiger partial charge in [-0.05, 0) is 31.0 Å². The van der Waals surface area contributed by atoms with Gasteiger partial charge in [-0.3, -0.25) is 14.8 Å². The second-order valence-electron chi connectivity index (χ2n) is 7.19. The maximum atomic E-state index is 14.9. The number of benzene rings is 1. The molecule has 1 unspecified atom stereocenters. The van der Waals surface area contributed by atoms with Crippen LogP contribution in [0, 0.1) is 5.82 Å². The molecule has 0 aliphatic heterocycles. The van der Waals surface area contributed by atoms with Gasteiger partial charge in [-0.15, -0.1) is 0 Å². The average Bonchev–Trinajstić information content (AvgIpc) is 3.25. The molecule has 1 aromatic carbocycles. The molecule has 32 heavy (non-hydrogen) atoms. The highest BCUT2D eigenvalue weighted by atomic mass is 32.2. The van der Waals surface area contributed by atoms with Gasteiger partial charge in [-0.25, -0.2) is 23.3 Å². The summed E-state index contributed by atoms with van der Waals surface area (Å²) < 4.78 is 43.6. The molecular formula is C20H20FN3O6S2. The van der Waals surface area contributed by atoms with Crippen LogP contribution in [0.15, 0.2) is 52.9 Å². The number of amides is 1. The molecule has 3 aromatic rings. The Morgan fingerprint density at radius 3 is 2.75 bits per heavy atom. The molecule has 1 atom stereocenters. The summed E-state index contributed by atoms with van der Waals surface area (Å²) in [6.45, 7) is 0.859. The van der Waals surface area contributed by atoms with Gasteiger partial charge in [0.15, 0.2) is 14.6 Å². The monoisotopic (exact) mass is 481 g/mol. The summed E-state index contributed by atoms with van der Waals surface area (Å²) in [6, 6.07) is 7.58. The molecular weight excluding hydrogens is 461 g/mol. The van der Waals surface area contributed by atoms with Crippen molar-refractivity contribution in [2.75, 3.05) is 6.26 Å². The number of halogens is 1. The van der Waals surface area contributed by atoms with Gasteiger partial charge in [0, 0.05) is 42.2 Å². The number of carbonyl (C=O) groups excluding carboxylic acids is 1. The molecule has 0 bridgehead atoms. The summed E-state index contributed by atoms with van der Waals surface area (Å²) in [7, 11) is -3.95. The number of rotatable bonds is 8. The number of nitrogens with zero attached hydrogens (tertiary/aromatic N) is 2. The van der Waals surface area contributed by atoms with Crippen molar-refractivity contribution in [3.63, 3.8) is 0 Å². The first kappa shape index (κ1) is 23.6. The summed E-state index contributed by atoms with van der Waals surface area (Å²) in [4.78, 5) is 28.5. The quantitative estimate of drug-likeness (QED) is 0.374. The Morgan fingerprint density at radius 1 is 1.38 bits per heavy atom. The molecule has 9 nitrogen and oxygen atoms in total. The minimum atomic E-state index is -3.95. The van der Waals surface area contributed by atoms with E-state index in [4.69, 9.17) is 9.94 Å². The Morgan fingerprint density at radius 2 is 2.12 bits per heavy atom. The number of carbonyl (C=O) groups is 1. The maximum Gasteiger partial charge on any atom is 0.278 e. The molecule has 12 heteroatoms. The first-order valence-corrected chi connectivity index (χ1v) is 12.0. The Balaban J connectivity index is 1.87. The van der Waals surface area contributed by atoms with E-state index in [1.807, 2.05) is 0 Å². The Labute approximate surface area is 187 Å². The van der Waals surface area contributed by atoms with Gasteiger partial charge in [0.25, 0.3) is 16.7 Å². The van der Waals surface area contributed by atoms with E-state index in [-0.39, 0.29) is 18.5 Å². The highest BCUT2D eigenvalue weighted by molar-refractivity contribution is 7.92.